The molecule has 1 saturated carbocycles. The van der Waals surface area contributed by atoms with Crippen LogP contribution in [0.2, 0.25) is 0 Å². The van der Waals surface area contributed by atoms with E-state index in [1.165, 1.54) is 12.8 Å². The third-order valence-corrected chi connectivity index (χ3v) is 4.35. The van der Waals surface area contributed by atoms with Crippen molar-refractivity contribution in [3.8, 4) is 0 Å². The van der Waals surface area contributed by atoms with Crippen LogP contribution in [-0.4, -0.2) is 48.2 Å². The number of ether oxygens (including phenoxy) is 1. The van der Waals surface area contributed by atoms with Crippen LogP contribution in [0.15, 0.2) is 0 Å². The van der Waals surface area contributed by atoms with Gasteiger partial charge in [-0.15, -0.1) is 0 Å². The second-order valence-electron chi connectivity index (χ2n) is 6.64. The summed E-state index contributed by atoms with van der Waals surface area (Å²) in [6.45, 7) is 7.67. The molecule has 1 rings (SSSR count). The summed E-state index contributed by atoms with van der Waals surface area (Å²) in [7, 11) is 0. The maximum Gasteiger partial charge on any atom is 0.0897 e. The van der Waals surface area contributed by atoms with Gasteiger partial charge in [-0.3, -0.25) is 0 Å². The molecule has 0 amide bonds. The summed E-state index contributed by atoms with van der Waals surface area (Å²) in [4.78, 5) is 0. The predicted molar refractivity (Wildman–Crippen MR) is 81.7 cm³/mol. The quantitative estimate of drug-likeness (QED) is 0.606. The molecule has 4 nitrogen and oxygen atoms in total. The van der Waals surface area contributed by atoms with Crippen molar-refractivity contribution in [2.75, 3.05) is 19.8 Å². The van der Waals surface area contributed by atoms with Crippen LogP contribution in [0.1, 0.15) is 52.9 Å². The number of rotatable bonds is 9. The normalized spacial score (nSPS) is 26.7. The largest absolute Gasteiger partial charge is 0.396 e. The molecule has 0 aliphatic heterocycles. The van der Waals surface area contributed by atoms with Gasteiger partial charge in [0, 0.05) is 19.2 Å². The van der Waals surface area contributed by atoms with Gasteiger partial charge in [-0.25, -0.2) is 0 Å². The van der Waals surface area contributed by atoms with Gasteiger partial charge in [-0.2, -0.15) is 0 Å². The highest BCUT2D eigenvalue weighted by Crippen LogP contribution is 2.25. The zero-order valence-corrected chi connectivity index (χ0v) is 13.3. The van der Waals surface area contributed by atoms with Crippen LogP contribution >= 0.6 is 0 Å². The van der Waals surface area contributed by atoms with Crippen molar-refractivity contribution >= 4 is 0 Å². The Hall–Kier alpha value is -0.160. The summed E-state index contributed by atoms with van der Waals surface area (Å²) in [6, 6.07) is 0.255. The van der Waals surface area contributed by atoms with Crippen LogP contribution < -0.4 is 5.32 Å². The van der Waals surface area contributed by atoms with Crippen LogP contribution in [0.4, 0.5) is 0 Å². The smallest absolute Gasteiger partial charge is 0.0897 e. The van der Waals surface area contributed by atoms with E-state index < -0.39 is 6.10 Å². The minimum absolute atomic E-state index is 0.183. The molecule has 0 heterocycles. The molecule has 2 atom stereocenters. The van der Waals surface area contributed by atoms with Gasteiger partial charge in [0.15, 0.2) is 0 Å². The molecule has 0 aromatic rings. The lowest BCUT2D eigenvalue weighted by Crippen LogP contribution is -2.41. The number of aliphatic hydroxyl groups is 2. The van der Waals surface area contributed by atoms with Crippen LogP contribution in [0.25, 0.3) is 0 Å². The first kappa shape index (κ1) is 17.9. The molecule has 2 unspecified atom stereocenters. The minimum atomic E-state index is -0.464. The zero-order valence-electron chi connectivity index (χ0n) is 13.3. The minimum Gasteiger partial charge on any atom is -0.396 e. The van der Waals surface area contributed by atoms with Crippen molar-refractivity contribution in [1.29, 1.82) is 0 Å². The second-order valence-corrected chi connectivity index (χ2v) is 6.64. The highest BCUT2D eigenvalue weighted by Gasteiger charge is 2.20. The van der Waals surface area contributed by atoms with Crippen molar-refractivity contribution in [1.82, 2.24) is 5.32 Å². The lowest BCUT2D eigenvalue weighted by Gasteiger charge is -2.28. The summed E-state index contributed by atoms with van der Waals surface area (Å²) in [5, 5.41) is 22.3. The monoisotopic (exact) mass is 287 g/mol. The summed E-state index contributed by atoms with van der Waals surface area (Å²) in [5.41, 5.74) is 0. The van der Waals surface area contributed by atoms with Gasteiger partial charge in [0.25, 0.3) is 0 Å². The Kier molecular flexibility index (Phi) is 8.69. The standard InChI is InChI=1S/C16H33NO3/c1-12(2)16(8-9-18)17-10-14(19)11-20-15-6-4-13(3)5-7-15/h12-19H,4-11H2,1-3H3. The zero-order chi connectivity index (χ0) is 15.0. The first-order valence-corrected chi connectivity index (χ1v) is 8.16. The fraction of sp³-hybridized carbons (Fsp3) is 1.00. The van der Waals surface area contributed by atoms with E-state index in [4.69, 9.17) is 9.84 Å². The Morgan fingerprint density at radius 3 is 2.40 bits per heavy atom. The molecular formula is C16H33NO3. The van der Waals surface area contributed by atoms with Crippen LogP contribution in [-0.2, 0) is 4.74 Å². The summed E-state index contributed by atoms with van der Waals surface area (Å²) < 4.78 is 5.81. The molecular weight excluding hydrogens is 254 g/mol. The first-order valence-electron chi connectivity index (χ1n) is 8.16. The van der Waals surface area contributed by atoms with E-state index in [1.54, 1.807) is 0 Å². The average molecular weight is 287 g/mol. The molecule has 1 aliphatic rings. The van der Waals surface area contributed by atoms with Gasteiger partial charge in [-0.1, -0.05) is 20.8 Å². The SMILES string of the molecule is CC1CCC(OCC(O)CNC(CCO)C(C)C)CC1. The Bertz CT molecular complexity index is 240. The molecule has 4 heteroatoms. The van der Waals surface area contributed by atoms with E-state index in [2.05, 4.69) is 26.1 Å². The second kappa shape index (κ2) is 9.72. The molecule has 0 aromatic carbocycles. The molecule has 120 valence electrons. The number of hydrogen-bond acceptors (Lipinski definition) is 4. The first-order chi connectivity index (χ1) is 9.52. The molecule has 3 N–H and O–H groups in total. The molecule has 20 heavy (non-hydrogen) atoms. The van der Waals surface area contributed by atoms with Crippen molar-refractivity contribution < 1.29 is 14.9 Å². The highest BCUT2D eigenvalue weighted by atomic mass is 16.5. The number of hydrogen-bond donors (Lipinski definition) is 3. The van der Waals surface area contributed by atoms with Crippen LogP contribution in [0.5, 0.6) is 0 Å². The van der Waals surface area contributed by atoms with E-state index in [-0.39, 0.29) is 12.6 Å². The Balaban J connectivity index is 2.14. The van der Waals surface area contributed by atoms with Gasteiger partial charge in [0.05, 0.1) is 18.8 Å². The predicted octanol–water partition coefficient (Wildman–Crippen LogP) is 1.94. The molecule has 0 spiro atoms. The van der Waals surface area contributed by atoms with Gasteiger partial charge < -0.3 is 20.3 Å². The molecule has 0 radical (unpaired) electrons. The summed E-state index contributed by atoms with van der Waals surface area (Å²) >= 11 is 0. The maximum atomic E-state index is 9.98. The third-order valence-electron chi connectivity index (χ3n) is 4.35. The van der Waals surface area contributed by atoms with E-state index >= 15 is 0 Å². The lowest BCUT2D eigenvalue weighted by atomic mass is 9.89. The van der Waals surface area contributed by atoms with Crippen molar-refractivity contribution in [2.45, 2.75) is 71.1 Å². The van der Waals surface area contributed by atoms with E-state index in [0.29, 0.717) is 25.2 Å². The topological polar surface area (TPSA) is 61.7 Å². The van der Waals surface area contributed by atoms with Crippen molar-refractivity contribution in [3.63, 3.8) is 0 Å². The van der Waals surface area contributed by atoms with Gasteiger partial charge in [-0.05, 0) is 43.9 Å². The van der Waals surface area contributed by atoms with Gasteiger partial charge in [0.1, 0.15) is 0 Å². The van der Waals surface area contributed by atoms with Crippen LogP contribution in [0.3, 0.4) is 0 Å². The fourth-order valence-electron chi connectivity index (χ4n) is 2.80. The van der Waals surface area contributed by atoms with Crippen LogP contribution in [0, 0.1) is 11.8 Å². The Labute approximate surface area is 123 Å². The Morgan fingerprint density at radius 1 is 1.20 bits per heavy atom. The number of nitrogens with one attached hydrogen (secondary N) is 1. The average Bonchev–Trinajstić information content (AvgIpc) is 2.42. The molecule has 1 fully saturated rings. The van der Waals surface area contributed by atoms with E-state index in [1.807, 2.05) is 0 Å². The third kappa shape index (κ3) is 7.02. The fourth-order valence-corrected chi connectivity index (χ4v) is 2.80. The van der Waals surface area contributed by atoms with E-state index in [0.717, 1.165) is 25.2 Å². The van der Waals surface area contributed by atoms with Crippen molar-refractivity contribution in [2.24, 2.45) is 11.8 Å². The molecule has 1 aliphatic carbocycles. The van der Waals surface area contributed by atoms with E-state index in [9.17, 15) is 5.11 Å². The molecule has 0 bridgehead atoms. The highest BCUT2D eigenvalue weighted by molar-refractivity contribution is 4.74. The molecule has 0 aromatic heterocycles. The van der Waals surface area contributed by atoms with Gasteiger partial charge >= 0.3 is 0 Å². The maximum absolute atomic E-state index is 9.98. The molecule has 0 saturated heterocycles. The summed E-state index contributed by atoms with van der Waals surface area (Å²) in [6.07, 6.45) is 5.33. The van der Waals surface area contributed by atoms with Gasteiger partial charge in [0.2, 0.25) is 0 Å². The summed E-state index contributed by atoms with van der Waals surface area (Å²) in [5.74, 6) is 1.28. The number of aliphatic hydroxyl groups excluding tert-OH is 2. The Morgan fingerprint density at radius 2 is 1.85 bits per heavy atom. The van der Waals surface area contributed by atoms with Crippen molar-refractivity contribution in [3.05, 3.63) is 0 Å². The lowest BCUT2D eigenvalue weighted by molar-refractivity contribution is -0.0288.